The molecule has 2 aromatic carbocycles. The Morgan fingerprint density at radius 1 is 1.07 bits per heavy atom. The summed E-state index contributed by atoms with van der Waals surface area (Å²) in [6, 6.07) is 16.7. The summed E-state index contributed by atoms with van der Waals surface area (Å²) in [6.07, 6.45) is 0. The summed E-state index contributed by atoms with van der Waals surface area (Å²) in [7, 11) is 0. The number of halogens is 1. The fraction of sp³-hybridized carbons (Fsp3) is 0.435. The Morgan fingerprint density at radius 3 is 2.62 bits per heavy atom. The van der Waals surface area contributed by atoms with Gasteiger partial charge in [-0.2, -0.15) is 0 Å². The molecule has 0 saturated carbocycles. The van der Waals surface area contributed by atoms with E-state index in [2.05, 4.69) is 9.80 Å². The quantitative estimate of drug-likeness (QED) is 0.799. The minimum absolute atomic E-state index is 0.0671. The Morgan fingerprint density at radius 2 is 1.83 bits per heavy atom. The lowest BCUT2D eigenvalue weighted by Gasteiger charge is -2.63. The standard InChI is InChI=1S/C23H26FN3O2/c24-21-9-5-4-8-19(21)12-25-15-23(16-25)17-26(13-20-14-29-11-10-27(20)23)22(28)18-6-2-1-3-7-18/h1-9,20H,10-17H2/t20-/m1/s1. The number of carbonyl (C=O) groups is 1. The number of likely N-dealkylation sites (tertiary alicyclic amines) is 1. The largest absolute Gasteiger partial charge is 0.378 e. The van der Waals surface area contributed by atoms with Crippen molar-refractivity contribution in [1.82, 2.24) is 14.7 Å². The van der Waals surface area contributed by atoms with Crippen LogP contribution in [0.3, 0.4) is 0 Å². The predicted molar refractivity (Wildman–Crippen MR) is 108 cm³/mol. The van der Waals surface area contributed by atoms with E-state index in [0.29, 0.717) is 26.2 Å². The van der Waals surface area contributed by atoms with E-state index in [1.54, 1.807) is 6.07 Å². The molecule has 0 bridgehead atoms. The first-order chi connectivity index (χ1) is 14.1. The topological polar surface area (TPSA) is 36.0 Å². The lowest BCUT2D eigenvalue weighted by Crippen LogP contribution is -2.80. The highest BCUT2D eigenvalue weighted by molar-refractivity contribution is 5.94. The van der Waals surface area contributed by atoms with Gasteiger partial charge in [0.05, 0.1) is 24.8 Å². The maximum atomic E-state index is 14.1. The van der Waals surface area contributed by atoms with Gasteiger partial charge in [-0.1, -0.05) is 36.4 Å². The van der Waals surface area contributed by atoms with E-state index in [1.165, 1.54) is 6.07 Å². The van der Waals surface area contributed by atoms with Crippen molar-refractivity contribution in [2.24, 2.45) is 0 Å². The van der Waals surface area contributed by atoms with Crippen LogP contribution in [0.4, 0.5) is 4.39 Å². The van der Waals surface area contributed by atoms with Crippen LogP contribution in [-0.2, 0) is 11.3 Å². The van der Waals surface area contributed by atoms with E-state index in [-0.39, 0.29) is 23.3 Å². The number of ether oxygens (including phenoxy) is 1. The second-order valence-corrected chi connectivity index (χ2v) is 8.43. The number of hydrogen-bond donors (Lipinski definition) is 0. The molecule has 5 rings (SSSR count). The van der Waals surface area contributed by atoms with Crippen molar-refractivity contribution in [3.63, 3.8) is 0 Å². The molecule has 5 nitrogen and oxygen atoms in total. The normalized spacial score (nSPS) is 24.2. The summed E-state index contributed by atoms with van der Waals surface area (Å²) in [4.78, 5) is 19.9. The highest BCUT2D eigenvalue weighted by atomic mass is 19.1. The Balaban J connectivity index is 1.34. The third kappa shape index (κ3) is 3.45. The van der Waals surface area contributed by atoms with Crippen molar-refractivity contribution in [3.8, 4) is 0 Å². The van der Waals surface area contributed by atoms with Gasteiger partial charge in [-0.3, -0.25) is 14.6 Å². The zero-order valence-corrected chi connectivity index (χ0v) is 16.5. The van der Waals surface area contributed by atoms with Gasteiger partial charge in [-0.25, -0.2) is 4.39 Å². The van der Waals surface area contributed by atoms with E-state index >= 15 is 0 Å². The molecule has 2 aromatic rings. The first kappa shape index (κ1) is 18.7. The fourth-order valence-corrected chi connectivity index (χ4v) is 5.16. The van der Waals surface area contributed by atoms with E-state index in [0.717, 1.165) is 37.4 Å². The fourth-order valence-electron chi connectivity index (χ4n) is 5.16. The molecule has 0 N–H and O–H groups in total. The van der Waals surface area contributed by atoms with Gasteiger partial charge in [0.25, 0.3) is 5.91 Å². The number of amides is 1. The summed E-state index contributed by atoms with van der Waals surface area (Å²) in [5, 5.41) is 0. The third-order valence-corrected chi connectivity index (χ3v) is 6.45. The van der Waals surface area contributed by atoms with Gasteiger partial charge in [-0.05, 0) is 18.2 Å². The molecule has 0 radical (unpaired) electrons. The van der Waals surface area contributed by atoms with Gasteiger partial charge in [-0.15, -0.1) is 0 Å². The SMILES string of the molecule is O=C(c1ccccc1)N1C[C@@H]2COCCN2C2(CN(Cc3ccccc3F)C2)C1. The van der Waals surface area contributed by atoms with Gasteiger partial charge < -0.3 is 9.64 Å². The molecule has 29 heavy (non-hydrogen) atoms. The third-order valence-electron chi connectivity index (χ3n) is 6.45. The summed E-state index contributed by atoms with van der Waals surface area (Å²) in [5.41, 5.74) is 1.40. The Hall–Kier alpha value is -2.28. The Labute approximate surface area is 170 Å². The summed E-state index contributed by atoms with van der Waals surface area (Å²) in [6.45, 7) is 5.99. The van der Waals surface area contributed by atoms with E-state index in [9.17, 15) is 9.18 Å². The van der Waals surface area contributed by atoms with Crippen LogP contribution in [0.25, 0.3) is 0 Å². The van der Waals surface area contributed by atoms with Crippen molar-refractivity contribution in [3.05, 3.63) is 71.5 Å². The average Bonchev–Trinajstić information content (AvgIpc) is 2.74. The number of rotatable bonds is 3. The summed E-state index contributed by atoms with van der Waals surface area (Å²) < 4.78 is 19.8. The monoisotopic (exact) mass is 395 g/mol. The maximum Gasteiger partial charge on any atom is 0.253 e. The molecule has 0 unspecified atom stereocenters. The zero-order valence-electron chi connectivity index (χ0n) is 16.5. The summed E-state index contributed by atoms with van der Waals surface area (Å²) in [5.74, 6) is -0.0648. The number of fused-ring (bicyclic) bond motifs is 2. The molecule has 1 spiro atoms. The second-order valence-electron chi connectivity index (χ2n) is 8.43. The molecule has 0 aromatic heterocycles. The summed E-state index contributed by atoms with van der Waals surface area (Å²) >= 11 is 0. The van der Waals surface area contributed by atoms with Gasteiger partial charge >= 0.3 is 0 Å². The van der Waals surface area contributed by atoms with Crippen molar-refractivity contribution in [2.75, 3.05) is 45.9 Å². The molecule has 3 saturated heterocycles. The lowest BCUT2D eigenvalue weighted by molar-refractivity contribution is -0.160. The number of nitrogens with zero attached hydrogens (tertiary/aromatic N) is 3. The number of piperazine rings is 1. The van der Waals surface area contributed by atoms with Gasteiger partial charge in [0.2, 0.25) is 0 Å². The second kappa shape index (κ2) is 7.52. The molecular formula is C23H26FN3O2. The van der Waals surface area contributed by atoms with Gasteiger partial charge in [0.15, 0.2) is 0 Å². The van der Waals surface area contributed by atoms with E-state index in [1.807, 2.05) is 47.4 Å². The first-order valence-corrected chi connectivity index (χ1v) is 10.3. The van der Waals surface area contributed by atoms with Crippen LogP contribution in [0, 0.1) is 5.82 Å². The molecule has 0 aliphatic carbocycles. The maximum absolute atomic E-state index is 14.1. The van der Waals surface area contributed by atoms with Crippen molar-refractivity contribution >= 4 is 5.91 Å². The van der Waals surface area contributed by atoms with E-state index < -0.39 is 0 Å². The lowest BCUT2D eigenvalue weighted by atomic mass is 9.82. The van der Waals surface area contributed by atoms with Crippen molar-refractivity contribution < 1.29 is 13.9 Å². The minimum Gasteiger partial charge on any atom is -0.378 e. The highest BCUT2D eigenvalue weighted by Crippen LogP contribution is 2.37. The van der Waals surface area contributed by atoms with Crippen LogP contribution in [0.2, 0.25) is 0 Å². The van der Waals surface area contributed by atoms with Gasteiger partial charge in [0, 0.05) is 50.4 Å². The van der Waals surface area contributed by atoms with Crippen molar-refractivity contribution in [2.45, 2.75) is 18.1 Å². The average molecular weight is 395 g/mol. The van der Waals surface area contributed by atoms with Crippen molar-refractivity contribution in [1.29, 1.82) is 0 Å². The van der Waals surface area contributed by atoms with Crippen LogP contribution < -0.4 is 0 Å². The van der Waals surface area contributed by atoms with Crippen LogP contribution >= 0.6 is 0 Å². The van der Waals surface area contributed by atoms with Crippen LogP contribution in [0.1, 0.15) is 15.9 Å². The van der Waals surface area contributed by atoms with Crippen LogP contribution in [0.15, 0.2) is 54.6 Å². The smallest absolute Gasteiger partial charge is 0.253 e. The molecule has 3 aliphatic rings. The first-order valence-electron chi connectivity index (χ1n) is 10.3. The molecular weight excluding hydrogens is 369 g/mol. The molecule has 3 fully saturated rings. The van der Waals surface area contributed by atoms with Crippen LogP contribution in [0.5, 0.6) is 0 Å². The number of benzene rings is 2. The Kier molecular flexibility index (Phi) is 4.86. The number of morpholine rings is 1. The number of carbonyl (C=O) groups excluding carboxylic acids is 1. The Bertz CT molecular complexity index is 885. The van der Waals surface area contributed by atoms with E-state index in [4.69, 9.17) is 4.74 Å². The van der Waals surface area contributed by atoms with Crippen LogP contribution in [-0.4, -0.2) is 78.1 Å². The molecule has 1 atom stereocenters. The molecule has 152 valence electrons. The molecule has 6 heteroatoms. The number of hydrogen-bond acceptors (Lipinski definition) is 4. The molecule has 3 heterocycles. The zero-order chi connectivity index (χ0) is 19.8. The molecule has 1 amide bonds. The predicted octanol–water partition coefficient (Wildman–Crippen LogP) is 2.24. The van der Waals surface area contributed by atoms with Gasteiger partial charge in [0.1, 0.15) is 5.82 Å². The highest BCUT2D eigenvalue weighted by Gasteiger charge is 2.54. The molecule has 3 aliphatic heterocycles. The minimum atomic E-state index is -0.151.